The van der Waals surface area contributed by atoms with Crippen LogP contribution in [0.4, 0.5) is 26.3 Å². The molecule has 1 heterocycles. The third kappa shape index (κ3) is 3.65. The second-order valence-corrected chi connectivity index (χ2v) is 3.07. The molecule has 0 atom stereocenters. The van der Waals surface area contributed by atoms with E-state index in [2.05, 4.69) is 9.72 Å². The molecule has 9 heteroatoms. The van der Waals surface area contributed by atoms with Gasteiger partial charge in [-0.25, -0.2) is 13.8 Å². The molecule has 2 nitrogen and oxygen atoms in total. The fraction of sp³-hybridized carbons (Fsp3) is 0.375. The van der Waals surface area contributed by atoms with Crippen LogP contribution < -0.4 is 4.74 Å². The van der Waals surface area contributed by atoms with Gasteiger partial charge >= 0.3 is 6.36 Å². The molecule has 17 heavy (non-hydrogen) atoms. The number of aromatic nitrogens is 1. The summed E-state index contributed by atoms with van der Waals surface area (Å²) in [5, 5.41) is 0. The maximum atomic E-state index is 12.9. The van der Waals surface area contributed by atoms with Crippen molar-refractivity contribution in [3.05, 3.63) is 23.3 Å². The Kier molecular flexibility index (Phi) is 4.07. The number of pyridine rings is 1. The summed E-state index contributed by atoms with van der Waals surface area (Å²) in [7, 11) is 0. The lowest BCUT2D eigenvalue weighted by Gasteiger charge is -2.12. The standard InChI is InChI=1S/C8H4ClF6NO/c9-2-3-1-4(17-8(13,14)15)7(12)16-5(3)6(10)11/h1,6H,2H2. The van der Waals surface area contributed by atoms with Crippen LogP contribution >= 0.6 is 11.6 Å². The molecule has 1 aromatic heterocycles. The number of rotatable bonds is 3. The maximum absolute atomic E-state index is 12.9. The van der Waals surface area contributed by atoms with E-state index in [1.807, 2.05) is 0 Å². The fourth-order valence-electron chi connectivity index (χ4n) is 1.02. The third-order valence-corrected chi connectivity index (χ3v) is 1.92. The zero-order chi connectivity index (χ0) is 13.2. The van der Waals surface area contributed by atoms with Gasteiger partial charge in [-0.2, -0.15) is 4.39 Å². The highest BCUT2D eigenvalue weighted by Crippen LogP contribution is 2.30. The average Bonchev–Trinajstić information content (AvgIpc) is 2.18. The van der Waals surface area contributed by atoms with Gasteiger partial charge in [-0.1, -0.05) is 0 Å². The minimum absolute atomic E-state index is 0.428. The van der Waals surface area contributed by atoms with Crippen LogP contribution in [-0.4, -0.2) is 11.3 Å². The molecule has 0 aliphatic carbocycles. The summed E-state index contributed by atoms with van der Waals surface area (Å²) < 4.78 is 76.3. The summed E-state index contributed by atoms with van der Waals surface area (Å²) in [6, 6.07) is 0.449. The van der Waals surface area contributed by atoms with Gasteiger partial charge in [-0.05, 0) is 11.6 Å². The fourth-order valence-corrected chi connectivity index (χ4v) is 1.23. The predicted octanol–water partition coefficient (Wildman–Crippen LogP) is 3.80. The first-order valence-electron chi connectivity index (χ1n) is 4.03. The van der Waals surface area contributed by atoms with E-state index in [0.29, 0.717) is 6.07 Å². The normalized spacial score (nSPS) is 12.0. The van der Waals surface area contributed by atoms with E-state index in [4.69, 9.17) is 11.6 Å². The van der Waals surface area contributed by atoms with Gasteiger partial charge in [0.2, 0.25) is 0 Å². The summed E-state index contributed by atoms with van der Waals surface area (Å²) in [4.78, 5) is 2.70. The van der Waals surface area contributed by atoms with Crippen molar-refractivity contribution < 1.29 is 31.1 Å². The molecule has 0 aromatic carbocycles. The SMILES string of the molecule is Fc1nc(C(F)F)c(CCl)cc1OC(F)(F)F. The number of alkyl halides is 6. The lowest BCUT2D eigenvalue weighted by atomic mass is 10.2. The zero-order valence-electron chi connectivity index (χ0n) is 7.86. The Morgan fingerprint density at radius 2 is 1.94 bits per heavy atom. The summed E-state index contributed by atoms with van der Waals surface area (Å²) in [6.45, 7) is 0. The van der Waals surface area contributed by atoms with Crippen LogP contribution in [0.5, 0.6) is 5.75 Å². The average molecular weight is 280 g/mol. The number of halogens is 7. The molecule has 0 bridgehead atoms. The highest BCUT2D eigenvalue weighted by Gasteiger charge is 2.33. The van der Waals surface area contributed by atoms with E-state index in [9.17, 15) is 26.3 Å². The molecular formula is C8H4ClF6NO. The lowest BCUT2D eigenvalue weighted by Crippen LogP contribution is -2.19. The first-order chi connectivity index (χ1) is 7.74. The highest BCUT2D eigenvalue weighted by atomic mass is 35.5. The van der Waals surface area contributed by atoms with Crippen molar-refractivity contribution in [1.82, 2.24) is 4.98 Å². The van der Waals surface area contributed by atoms with E-state index in [-0.39, 0.29) is 0 Å². The van der Waals surface area contributed by atoms with Crippen LogP contribution in [0.3, 0.4) is 0 Å². The van der Waals surface area contributed by atoms with E-state index in [1.165, 1.54) is 0 Å². The second-order valence-electron chi connectivity index (χ2n) is 2.80. The molecule has 0 aliphatic heterocycles. The molecule has 0 unspecified atom stereocenters. The van der Waals surface area contributed by atoms with Crippen molar-refractivity contribution in [1.29, 1.82) is 0 Å². The van der Waals surface area contributed by atoms with Gasteiger partial charge in [0.15, 0.2) is 5.75 Å². The molecule has 1 rings (SSSR count). The molecule has 0 saturated carbocycles. The van der Waals surface area contributed by atoms with Crippen molar-refractivity contribution in [3.63, 3.8) is 0 Å². The first-order valence-corrected chi connectivity index (χ1v) is 4.57. The highest BCUT2D eigenvalue weighted by molar-refractivity contribution is 6.17. The largest absolute Gasteiger partial charge is 0.573 e. The zero-order valence-corrected chi connectivity index (χ0v) is 8.62. The minimum atomic E-state index is -5.14. The van der Waals surface area contributed by atoms with E-state index < -0.39 is 41.6 Å². The van der Waals surface area contributed by atoms with Crippen molar-refractivity contribution >= 4 is 11.6 Å². The lowest BCUT2D eigenvalue weighted by molar-refractivity contribution is -0.275. The summed E-state index contributed by atoms with van der Waals surface area (Å²) in [5.41, 5.74) is -1.44. The van der Waals surface area contributed by atoms with E-state index >= 15 is 0 Å². The number of nitrogens with zero attached hydrogens (tertiary/aromatic N) is 1. The molecule has 0 aliphatic rings. The molecule has 0 spiro atoms. The van der Waals surface area contributed by atoms with Crippen molar-refractivity contribution in [2.24, 2.45) is 0 Å². The van der Waals surface area contributed by atoms with Crippen LogP contribution in [0, 0.1) is 5.95 Å². The monoisotopic (exact) mass is 279 g/mol. The van der Waals surface area contributed by atoms with Gasteiger partial charge in [0.25, 0.3) is 12.4 Å². The van der Waals surface area contributed by atoms with Crippen LogP contribution in [-0.2, 0) is 5.88 Å². The van der Waals surface area contributed by atoms with Crippen LogP contribution in [0.1, 0.15) is 17.7 Å². The predicted molar refractivity (Wildman–Crippen MR) is 45.4 cm³/mol. The van der Waals surface area contributed by atoms with Gasteiger partial charge < -0.3 is 4.74 Å². The third-order valence-electron chi connectivity index (χ3n) is 1.63. The van der Waals surface area contributed by atoms with Crippen LogP contribution in [0.15, 0.2) is 6.07 Å². The number of hydrogen-bond acceptors (Lipinski definition) is 2. The molecule has 0 saturated heterocycles. The molecule has 1 aromatic rings. The van der Waals surface area contributed by atoms with Crippen molar-refractivity contribution in [3.8, 4) is 5.75 Å². The second kappa shape index (κ2) is 4.99. The molecule has 0 N–H and O–H groups in total. The molecule has 0 radical (unpaired) electrons. The van der Waals surface area contributed by atoms with Gasteiger partial charge in [0.1, 0.15) is 5.69 Å². The Morgan fingerprint density at radius 1 is 1.35 bits per heavy atom. The Hall–Kier alpha value is -1.18. The summed E-state index contributed by atoms with van der Waals surface area (Å²) in [6.07, 6.45) is -8.28. The quantitative estimate of drug-likeness (QED) is 0.477. The Labute approximate surface area is 96.2 Å². The molecular weight excluding hydrogens is 276 g/mol. The van der Waals surface area contributed by atoms with Crippen LogP contribution in [0.25, 0.3) is 0 Å². The molecule has 0 fully saturated rings. The van der Waals surface area contributed by atoms with Gasteiger partial charge in [-0.3, -0.25) is 0 Å². The Morgan fingerprint density at radius 3 is 2.35 bits per heavy atom. The van der Waals surface area contributed by atoms with Gasteiger partial charge in [0.05, 0.1) is 0 Å². The van der Waals surface area contributed by atoms with Gasteiger partial charge in [-0.15, -0.1) is 24.8 Å². The first kappa shape index (κ1) is 13.9. The summed E-state index contributed by atoms with van der Waals surface area (Å²) >= 11 is 5.24. The van der Waals surface area contributed by atoms with E-state index in [1.54, 1.807) is 0 Å². The number of hydrogen-bond donors (Lipinski definition) is 0. The van der Waals surface area contributed by atoms with Crippen molar-refractivity contribution in [2.45, 2.75) is 18.7 Å². The van der Waals surface area contributed by atoms with Crippen LogP contribution in [0.2, 0.25) is 0 Å². The Balaban J connectivity index is 3.18. The Bertz CT molecular complexity index is 408. The smallest absolute Gasteiger partial charge is 0.401 e. The van der Waals surface area contributed by atoms with E-state index in [0.717, 1.165) is 0 Å². The van der Waals surface area contributed by atoms with Crippen molar-refractivity contribution in [2.75, 3.05) is 0 Å². The maximum Gasteiger partial charge on any atom is 0.573 e. The molecule has 0 amide bonds. The minimum Gasteiger partial charge on any atom is -0.401 e. The topological polar surface area (TPSA) is 22.1 Å². The molecule has 96 valence electrons. The van der Waals surface area contributed by atoms with Gasteiger partial charge in [0, 0.05) is 5.88 Å². The number of ether oxygens (including phenoxy) is 1. The summed E-state index contributed by atoms with van der Waals surface area (Å²) in [5.74, 6) is -3.61.